The van der Waals surface area contributed by atoms with Crippen molar-refractivity contribution in [3.8, 4) is 22.5 Å². The van der Waals surface area contributed by atoms with Crippen LogP contribution in [0, 0.1) is 11.6 Å². The van der Waals surface area contributed by atoms with Crippen LogP contribution >= 0.6 is 0 Å². The number of aromatic nitrogens is 4. The number of aromatic amines is 1. The minimum absolute atomic E-state index is 0.0772. The van der Waals surface area contributed by atoms with Crippen molar-refractivity contribution in [1.29, 1.82) is 0 Å². The molecule has 3 aromatic heterocycles. The summed E-state index contributed by atoms with van der Waals surface area (Å²) in [7, 11) is 1.71. The van der Waals surface area contributed by atoms with Crippen LogP contribution in [0.3, 0.4) is 0 Å². The number of anilines is 1. The summed E-state index contributed by atoms with van der Waals surface area (Å²) in [4.78, 5) is 11.5. The number of nitrogens with zero attached hydrogens (tertiary/aromatic N) is 3. The van der Waals surface area contributed by atoms with E-state index >= 15 is 0 Å². The highest BCUT2D eigenvalue weighted by molar-refractivity contribution is 5.96. The first-order valence-electron chi connectivity index (χ1n) is 7.10. The maximum atomic E-state index is 14.1. The van der Waals surface area contributed by atoms with Crippen molar-refractivity contribution in [2.75, 3.05) is 12.4 Å². The molecule has 6 nitrogen and oxygen atoms in total. The number of benzene rings is 1. The van der Waals surface area contributed by atoms with Crippen molar-refractivity contribution in [2.45, 2.75) is 0 Å². The summed E-state index contributed by atoms with van der Waals surface area (Å²) in [5.74, 6) is -1.10. The summed E-state index contributed by atoms with van der Waals surface area (Å²) >= 11 is 0. The molecule has 8 heteroatoms. The highest BCUT2D eigenvalue weighted by Crippen LogP contribution is 2.37. The number of H-pyrrole nitrogens is 1. The number of hydrogen-bond donors (Lipinski definition) is 2. The van der Waals surface area contributed by atoms with Crippen molar-refractivity contribution in [2.24, 2.45) is 0 Å². The molecule has 0 atom stereocenters. The van der Waals surface area contributed by atoms with E-state index in [1.165, 1.54) is 18.3 Å². The maximum absolute atomic E-state index is 14.1. The van der Waals surface area contributed by atoms with E-state index in [0.29, 0.717) is 33.9 Å². The van der Waals surface area contributed by atoms with E-state index in [4.69, 9.17) is 4.52 Å². The molecule has 3 heterocycles. The van der Waals surface area contributed by atoms with Crippen molar-refractivity contribution in [3.63, 3.8) is 0 Å². The van der Waals surface area contributed by atoms with Crippen LogP contribution in [-0.4, -0.2) is 27.2 Å². The lowest BCUT2D eigenvalue weighted by Crippen LogP contribution is -1.95. The Bertz CT molecular complexity index is 1040. The van der Waals surface area contributed by atoms with Crippen LogP contribution in [0.15, 0.2) is 41.3 Å². The highest BCUT2D eigenvalue weighted by Gasteiger charge is 2.21. The van der Waals surface area contributed by atoms with Crippen LogP contribution in [0.1, 0.15) is 0 Å². The Morgan fingerprint density at radius 3 is 2.83 bits per heavy atom. The fraction of sp³-hybridized carbons (Fsp3) is 0.0625. The van der Waals surface area contributed by atoms with Crippen LogP contribution in [0.25, 0.3) is 33.5 Å². The average Bonchev–Trinajstić information content (AvgIpc) is 3.22. The average molecular weight is 327 g/mol. The molecule has 0 saturated heterocycles. The monoisotopic (exact) mass is 327 g/mol. The first-order valence-corrected chi connectivity index (χ1v) is 7.10. The Morgan fingerprint density at radius 1 is 1.12 bits per heavy atom. The molecule has 0 fully saturated rings. The molecule has 120 valence electrons. The predicted octanol–water partition coefficient (Wildman–Crippen LogP) is 3.60. The van der Waals surface area contributed by atoms with Crippen molar-refractivity contribution in [1.82, 2.24) is 20.1 Å². The molecule has 4 rings (SSSR count). The summed E-state index contributed by atoms with van der Waals surface area (Å²) in [6.07, 6.45) is 4.64. The van der Waals surface area contributed by atoms with Gasteiger partial charge < -0.3 is 14.8 Å². The molecule has 0 radical (unpaired) electrons. The first kappa shape index (κ1) is 14.3. The van der Waals surface area contributed by atoms with E-state index in [0.717, 1.165) is 6.07 Å². The van der Waals surface area contributed by atoms with Gasteiger partial charge in [-0.3, -0.25) is 0 Å². The van der Waals surface area contributed by atoms with Gasteiger partial charge in [0.25, 0.3) is 0 Å². The maximum Gasteiger partial charge on any atom is 0.224 e. The minimum atomic E-state index is -0.949. The van der Waals surface area contributed by atoms with Gasteiger partial charge in [0.05, 0.1) is 11.8 Å². The van der Waals surface area contributed by atoms with Gasteiger partial charge in [0, 0.05) is 36.0 Å². The summed E-state index contributed by atoms with van der Waals surface area (Å²) < 4.78 is 32.9. The van der Waals surface area contributed by atoms with Crippen molar-refractivity contribution >= 4 is 17.0 Å². The zero-order chi connectivity index (χ0) is 16.7. The molecule has 4 aromatic rings. The quantitative estimate of drug-likeness (QED) is 0.601. The molecule has 0 saturated carbocycles. The van der Waals surface area contributed by atoms with E-state index < -0.39 is 11.6 Å². The molecule has 0 aliphatic rings. The van der Waals surface area contributed by atoms with E-state index in [9.17, 15) is 8.78 Å². The van der Waals surface area contributed by atoms with Gasteiger partial charge in [0.2, 0.25) is 5.95 Å². The summed E-state index contributed by atoms with van der Waals surface area (Å²) in [6.45, 7) is 0. The standard InChI is InChI=1S/C16H11F2N5O/c1-19-16-21-6-11-9(5-20-15(11)23-16)14-10(7-22-24-14)8-3-2-4-12(17)13(8)18/h2-7H,1H3,(H2,19,20,21,23). The fourth-order valence-electron chi connectivity index (χ4n) is 2.55. The molecule has 2 N–H and O–H groups in total. The van der Waals surface area contributed by atoms with Crippen LogP contribution in [0.2, 0.25) is 0 Å². The molecule has 1 aromatic carbocycles. The third-order valence-corrected chi connectivity index (χ3v) is 3.71. The number of nitrogens with one attached hydrogen (secondary N) is 2. The van der Waals surface area contributed by atoms with Gasteiger partial charge in [-0.05, 0) is 6.07 Å². The fourth-order valence-corrected chi connectivity index (χ4v) is 2.55. The lowest BCUT2D eigenvalue weighted by molar-refractivity contribution is 0.432. The van der Waals surface area contributed by atoms with Crippen LogP contribution in [0.4, 0.5) is 14.7 Å². The van der Waals surface area contributed by atoms with Crippen molar-refractivity contribution < 1.29 is 13.3 Å². The van der Waals surface area contributed by atoms with Crippen LogP contribution in [-0.2, 0) is 0 Å². The Labute approximate surface area is 134 Å². The SMILES string of the molecule is CNc1ncc2c(-c3oncc3-c3cccc(F)c3F)c[nH]c2n1. The second kappa shape index (κ2) is 5.41. The molecule has 0 aliphatic heterocycles. The largest absolute Gasteiger partial charge is 0.357 e. The second-order valence-corrected chi connectivity index (χ2v) is 5.08. The summed E-state index contributed by atoms with van der Waals surface area (Å²) in [5.41, 5.74) is 1.63. The molecule has 0 bridgehead atoms. The normalized spacial score (nSPS) is 11.1. The first-order chi connectivity index (χ1) is 11.7. The molecular weight excluding hydrogens is 316 g/mol. The van der Waals surface area contributed by atoms with Gasteiger partial charge >= 0.3 is 0 Å². The molecule has 0 amide bonds. The number of hydrogen-bond acceptors (Lipinski definition) is 5. The Hall–Kier alpha value is -3.29. The van der Waals surface area contributed by atoms with Crippen molar-refractivity contribution in [3.05, 3.63) is 48.4 Å². The third-order valence-electron chi connectivity index (χ3n) is 3.71. The molecule has 24 heavy (non-hydrogen) atoms. The third kappa shape index (κ3) is 2.11. The Balaban J connectivity index is 1.91. The Kier molecular flexibility index (Phi) is 3.23. The summed E-state index contributed by atoms with van der Waals surface area (Å²) in [5, 5.41) is 7.26. The van der Waals surface area contributed by atoms with E-state index in [-0.39, 0.29) is 5.56 Å². The topological polar surface area (TPSA) is 79.6 Å². The molecule has 0 aliphatic carbocycles. The molecule has 0 spiro atoms. The number of rotatable bonds is 3. The van der Waals surface area contributed by atoms with Gasteiger partial charge in [-0.25, -0.2) is 13.8 Å². The van der Waals surface area contributed by atoms with Gasteiger partial charge in [0.1, 0.15) is 5.65 Å². The zero-order valence-electron chi connectivity index (χ0n) is 12.5. The van der Waals surface area contributed by atoms with E-state index in [2.05, 4.69) is 25.4 Å². The minimum Gasteiger partial charge on any atom is -0.357 e. The summed E-state index contributed by atoms with van der Waals surface area (Å²) in [6, 6.07) is 3.96. The smallest absolute Gasteiger partial charge is 0.224 e. The Morgan fingerprint density at radius 2 is 2.00 bits per heavy atom. The van der Waals surface area contributed by atoms with Gasteiger partial charge in [-0.1, -0.05) is 17.3 Å². The predicted molar refractivity (Wildman–Crippen MR) is 84.3 cm³/mol. The van der Waals surface area contributed by atoms with E-state index in [1.54, 1.807) is 19.4 Å². The highest BCUT2D eigenvalue weighted by atomic mass is 19.2. The van der Waals surface area contributed by atoms with Gasteiger partial charge in [-0.2, -0.15) is 4.98 Å². The number of halogens is 2. The lowest BCUT2D eigenvalue weighted by Gasteiger charge is -2.03. The number of fused-ring (bicyclic) bond motifs is 1. The van der Waals surface area contributed by atoms with Gasteiger partial charge in [0.15, 0.2) is 17.4 Å². The zero-order valence-corrected chi connectivity index (χ0v) is 12.5. The second-order valence-electron chi connectivity index (χ2n) is 5.08. The van der Waals surface area contributed by atoms with Gasteiger partial charge in [-0.15, -0.1) is 0 Å². The molecule has 0 unspecified atom stereocenters. The molecular formula is C16H11F2N5O. The van der Waals surface area contributed by atoms with Crippen LogP contribution in [0.5, 0.6) is 0 Å². The lowest BCUT2D eigenvalue weighted by atomic mass is 10.0. The van der Waals surface area contributed by atoms with E-state index in [1.807, 2.05) is 0 Å². The van der Waals surface area contributed by atoms with Crippen LogP contribution < -0.4 is 5.32 Å².